The summed E-state index contributed by atoms with van der Waals surface area (Å²) in [5.74, 6) is -0.192. The van der Waals surface area contributed by atoms with Crippen molar-refractivity contribution in [2.75, 3.05) is 18.4 Å². The molecule has 1 amide bonds. The number of nitrogens with zero attached hydrogens (tertiary/aromatic N) is 2. The molecule has 2 aromatic carbocycles. The Hall–Kier alpha value is -2.70. The van der Waals surface area contributed by atoms with Crippen LogP contribution in [0.3, 0.4) is 0 Å². The number of rotatable bonds is 5. The fraction of sp³-hybridized carbons (Fsp3) is 0.250. The van der Waals surface area contributed by atoms with Gasteiger partial charge in [0.05, 0.1) is 21.7 Å². The number of nitrogens with one attached hydrogen (secondary N) is 1. The molecule has 0 aromatic heterocycles. The van der Waals surface area contributed by atoms with Crippen LogP contribution in [-0.4, -0.2) is 34.9 Å². The first kappa shape index (κ1) is 19.1. The largest absolute Gasteiger partial charge is 0.323 e. The molecular weight excluding hydrogens is 366 g/mol. The van der Waals surface area contributed by atoms with Crippen LogP contribution < -0.4 is 5.32 Å². The molecule has 1 aliphatic heterocycles. The van der Waals surface area contributed by atoms with Crippen LogP contribution in [-0.2, 0) is 4.79 Å². The SMILES string of the molecule is CC(C(=O)Nc1ccc([N+](=O)[O-])cc1Cl)N1CC=C(c2ccccc2)CC1. The minimum atomic E-state index is -0.523. The zero-order valence-corrected chi connectivity index (χ0v) is 15.6. The molecule has 2 aromatic rings. The van der Waals surface area contributed by atoms with Crippen LogP contribution in [0.4, 0.5) is 11.4 Å². The molecule has 6 nitrogen and oxygen atoms in total. The topological polar surface area (TPSA) is 75.5 Å². The van der Waals surface area contributed by atoms with Crippen molar-refractivity contribution in [3.05, 3.63) is 75.3 Å². The minimum absolute atomic E-state index is 0.111. The van der Waals surface area contributed by atoms with Crippen LogP contribution in [0.2, 0.25) is 5.02 Å². The van der Waals surface area contributed by atoms with E-state index in [0.29, 0.717) is 12.2 Å². The fourth-order valence-electron chi connectivity index (χ4n) is 3.07. The summed E-state index contributed by atoms with van der Waals surface area (Å²) in [7, 11) is 0. The van der Waals surface area contributed by atoms with Gasteiger partial charge in [0.15, 0.2) is 0 Å². The maximum atomic E-state index is 12.6. The lowest BCUT2D eigenvalue weighted by Crippen LogP contribution is -2.44. The van der Waals surface area contributed by atoms with Gasteiger partial charge in [0.25, 0.3) is 5.69 Å². The number of carbonyl (C=O) groups is 1. The van der Waals surface area contributed by atoms with Gasteiger partial charge in [-0.1, -0.05) is 48.0 Å². The molecule has 0 radical (unpaired) electrons. The van der Waals surface area contributed by atoms with Gasteiger partial charge in [0.1, 0.15) is 0 Å². The Labute approximate surface area is 162 Å². The average Bonchev–Trinajstić information content (AvgIpc) is 2.69. The molecule has 27 heavy (non-hydrogen) atoms. The molecular formula is C20H20ClN3O3. The number of nitro benzene ring substituents is 1. The number of hydrogen-bond donors (Lipinski definition) is 1. The van der Waals surface area contributed by atoms with Crippen molar-refractivity contribution < 1.29 is 9.72 Å². The third-order valence-corrected chi connectivity index (χ3v) is 5.05. The zero-order valence-electron chi connectivity index (χ0n) is 14.9. The van der Waals surface area contributed by atoms with Gasteiger partial charge < -0.3 is 5.32 Å². The second-order valence-electron chi connectivity index (χ2n) is 6.43. The van der Waals surface area contributed by atoms with Crippen molar-refractivity contribution in [3.8, 4) is 0 Å². The summed E-state index contributed by atoms with van der Waals surface area (Å²) in [5, 5.41) is 13.7. The molecule has 3 rings (SSSR count). The molecule has 0 spiro atoms. The van der Waals surface area contributed by atoms with Crippen LogP contribution >= 0.6 is 11.6 Å². The second-order valence-corrected chi connectivity index (χ2v) is 6.83. The number of anilines is 1. The summed E-state index contributed by atoms with van der Waals surface area (Å²) in [5.41, 5.74) is 2.77. The van der Waals surface area contributed by atoms with E-state index in [-0.39, 0.29) is 22.7 Å². The number of hydrogen-bond acceptors (Lipinski definition) is 4. The molecule has 0 saturated heterocycles. The van der Waals surface area contributed by atoms with Gasteiger partial charge >= 0.3 is 0 Å². The Bertz CT molecular complexity index is 883. The molecule has 0 bridgehead atoms. The number of carbonyl (C=O) groups excluding carboxylic acids is 1. The van der Waals surface area contributed by atoms with E-state index in [1.807, 2.05) is 25.1 Å². The highest BCUT2D eigenvalue weighted by Gasteiger charge is 2.24. The smallest absolute Gasteiger partial charge is 0.271 e. The highest BCUT2D eigenvalue weighted by Crippen LogP contribution is 2.27. The highest BCUT2D eigenvalue weighted by molar-refractivity contribution is 6.34. The molecule has 1 unspecified atom stereocenters. The van der Waals surface area contributed by atoms with E-state index < -0.39 is 4.92 Å². The van der Waals surface area contributed by atoms with Crippen LogP contribution in [0, 0.1) is 10.1 Å². The lowest BCUT2D eigenvalue weighted by Gasteiger charge is -2.31. The van der Waals surface area contributed by atoms with Crippen molar-refractivity contribution in [1.29, 1.82) is 0 Å². The van der Waals surface area contributed by atoms with Gasteiger partial charge in [-0.25, -0.2) is 0 Å². The third-order valence-electron chi connectivity index (χ3n) is 4.73. The average molecular weight is 386 g/mol. The maximum absolute atomic E-state index is 12.6. The predicted molar refractivity (Wildman–Crippen MR) is 107 cm³/mol. The first-order chi connectivity index (χ1) is 13.0. The van der Waals surface area contributed by atoms with Gasteiger partial charge in [-0.05, 0) is 30.5 Å². The van der Waals surface area contributed by atoms with Crippen molar-refractivity contribution >= 4 is 34.5 Å². The predicted octanol–water partition coefficient (Wildman–Crippen LogP) is 4.36. The van der Waals surface area contributed by atoms with E-state index in [4.69, 9.17) is 11.6 Å². The van der Waals surface area contributed by atoms with Gasteiger partial charge in [0.2, 0.25) is 5.91 Å². The maximum Gasteiger partial charge on any atom is 0.271 e. The number of halogens is 1. The van der Waals surface area contributed by atoms with E-state index >= 15 is 0 Å². The normalized spacial score (nSPS) is 15.7. The van der Waals surface area contributed by atoms with Crippen LogP contribution in [0.5, 0.6) is 0 Å². The third kappa shape index (κ3) is 4.53. The lowest BCUT2D eigenvalue weighted by atomic mass is 9.99. The van der Waals surface area contributed by atoms with Gasteiger partial charge in [-0.3, -0.25) is 19.8 Å². The number of nitro groups is 1. The van der Waals surface area contributed by atoms with Crippen LogP contribution in [0.1, 0.15) is 18.9 Å². The van der Waals surface area contributed by atoms with Crippen LogP contribution in [0.15, 0.2) is 54.6 Å². The van der Waals surface area contributed by atoms with Crippen molar-refractivity contribution in [2.24, 2.45) is 0 Å². The van der Waals surface area contributed by atoms with Crippen LogP contribution in [0.25, 0.3) is 5.57 Å². The van der Waals surface area contributed by atoms with E-state index in [0.717, 1.165) is 13.0 Å². The molecule has 1 N–H and O–H groups in total. The summed E-state index contributed by atoms with van der Waals surface area (Å²) >= 11 is 6.05. The minimum Gasteiger partial charge on any atom is -0.323 e. The summed E-state index contributed by atoms with van der Waals surface area (Å²) < 4.78 is 0. The monoisotopic (exact) mass is 385 g/mol. The molecule has 140 valence electrons. The molecule has 1 heterocycles. The van der Waals surface area contributed by atoms with E-state index in [9.17, 15) is 14.9 Å². The Kier molecular flexibility index (Phi) is 5.88. The summed E-state index contributed by atoms with van der Waals surface area (Å²) in [6.45, 7) is 3.31. The number of amides is 1. The summed E-state index contributed by atoms with van der Waals surface area (Å²) in [6.07, 6.45) is 3.03. The lowest BCUT2D eigenvalue weighted by molar-refractivity contribution is -0.384. The molecule has 1 aliphatic rings. The van der Waals surface area contributed by atoms with E-state index in [2.05, 4.69) is 28.4 Å². The van der Waals surface area contributed by atoms with Crippen molar-refractivity contribution in [3.63, 3.8) is 0 Å². The Morgan fingerprint density at radius 1 is 1.26 bits per heavy atom. The Morgan fingerprint density at radius 3 is 2.59 bits per heavy atom. The zero-order chi connectivity index (χ0) is 19.4. The molecule has 1 atom stereocenters. The standard InChI is InChI=1S/C20H20ClN3O3/c1-14(20(25)22-19-8-7-17(24(26)27)13-18(19)21)23-11-9-16(10-12-23)15-5-3-2-4-6-15/h2-9,13-14H,10-12H2,1H3,(H,22,25). The van der Waals surface area contributed by atoms with Crippen molar-refractivity contribution in [1.82, 2.24) is 4.90 Å². The van der Waals surface area contributed by atoms with Gasteiger partial charge in [0, 0.05) is 25.2 Å². The first-order valence-corrected chi connectivity index (χ1v) is 9.07. The number of benzene rings is 2. The van der Waals surface area contributed by atoms with Gasteiger partial charge in [-0.2, -0.15) is 0 Å². The summed E-state index contributed by atoms with van der Waals surface area (Å²) in [6, 6.07) is 13.9. The Balaban J connectivity index is 1.63. The molecule has 0 aliphatic carbocycles. The summed E-state index contributed by atoms with van der Waals surface area (Å²) in [4.78, 5) is 24.9. The number of non-ortho nitro benzene ring substituents is 1. The molecule has 7 heteroatoms. The van der Waals surface area contributed by atoms with E-state index in [1.165, 1.54) is 29.3 Å². The van der Waals surface area contributed by atoms with Gasteiger partial charge in [-0.15, -0.1) is 0 Å². The second kappa shape index (κ2) is 8.33. The molecule has 0 fully saturated rings. The molecule has 0 saturated carbocycles. The fourth-order valence-corrected chi connectivity index (χ4v) is 3.30. The van der Waals surface area contributed by atoms with Crippen molar-refractivity contribution in [2.45, 2.75) is 19.4 Å². The Morgan fingerprint density at radius 2 is 2.00 bits per heavy atom. The van der Waals surface area contributed by atoms with E-state index in [1.54, 1.807) is 0 Å². The highest BCUT2D eigenvalue weighted by atomic mass is 35.5. The quantitative estimate of drug-likeness (QED) is 0.612. The first-order valence-electron chi connectivity index (χ1n) is 8.69.